The maximum absolute atomic E-state index is 10.8. The second-order valence-electron chi connectivity index (χ2n) is 2.24. The molecule has 0 aromatic rings. The maximum Gasteiger partial charge on any atom is 0.168 e. The summed E-state index contributed by atoms with van der Waals surface area (Å²) in [5.41, 5.74) is 1.05. The molecule has 0 aliphatic carbocycles. The predicted octanol–water partition coefficient (Wildman–Crippen LogP) is 2.31. The van der Waals surface area contributed by atoms with Gasteiger partial charge in [-0.05, 0) is 26.8 Å². The predicted molar refractivity (Wildman–Crippen MR) is 42.8 cm³/mol. The van der Waals surface area contributed by atoms with Crippen LogP contribution in [0.5, 0.6) is 0 Å². The van der Waals surface area contributed by atoms with E-state index in [-0.39, 0.29) is 10.6 Å². The standard InChI is InChI=1S/C7H11BrO/c1-5(2)4-7(9)6(3)8/h4,6H,1-3H3. The molecule has 0 N–H and O–H groups in total. The number of carbonyl (C=O) groups is 1. The summed E-state index contributed by atoms with van der Waals surface area (Å²) in [5, 5.41) is 0. The van der Waals surface area contributed by atoms with E-state index in [1.165, 1.54) is 0 Å². The smallest absolute Gasteiger partial charge is 0.168 e. The monoisotopic (exact) mass is 190 g/mol. The molecular weight excluding hydrogens is 180 g/mol. The molecule has 1 unspecified atom stereocenters. The molecule has 0 heterocycles. The highest BCUT2D eigenvalue weighted by Crippen LogP contribution is 2.01. The van der Waals surface area contributed by atoms with Crippen LogP contribution in [0.4, 0.5) is 0 Å². The third-order valence-corrected chi connectivity index (χ3v) is 1.27. The number of hydrogen-bond acceptors (Lipinski definition) is 1. The van der Waals surface area contributed by atoms with E-state index < -0.39 is 0 Å². The minimum absolute atomic E-state index is 0.0487. The molecule has 0 bridgehead atoms. The first-order valence-corrected chi connectivity index (χ1v) is 3.78. The molecule has 0 fully saturated rings. The van der Waals surface area contributed by atoms with Gasteiger partial charge in [0.2, 0.25) is 0 Å². The van der Waals surface area contributed by atoms with Crippen molar-refractivity contribution in [1.29, 1.82) is 0 Å². The molecule has 1 nitrogen and oxygen atoms in total. The molecule has 0 aliphatic rings. The van der Waals surface area contributed by atoms with Crippen LogP contribution in [0.15, 0.2) is 11.6 Å². The SMILES string of the molecule is CC(C)=CC(=O)C(C)Br. The van der Waals surface area contributed by atoms with E-state index in [1.807, 2.05) is 20.8 Å². The molecule has 52 valence electrons. The minimum atomic E-state index is -0.0487. The van der Waals surface area contributed by atoms with Crippen molar-refractivity contribution in [2.45, 2.75) is 25.6 Å². The summed E-state index contributed by atoms with van der Waals surface area (Å²) in [7, 11) is 0. The van der Waals surface area contributed by atoms with Gasteiger partial charge in [0.15, 0.2) is 5.78 Å². The quantitative estimate of drug-likeness (QED) is 0.483. The third kappa shape index (κ3) is 4.40. The van der Waals surface area contributed by atoms with Gasteiger partial charge in [0, 0.05) is 0 Å². The zero-order valence-electron chi connectivity index (χ0n) is 5.94. The van der Waals surface area contributed by atoms with Crippen LogP contribution in [0.3, 0.4) is 0 Å². The Morgan fingerprint density at radius 2 is 2.00 bits per heavy atom. The number of alkyl halides is 1. The second-order valence-corrected chi connectivity index (χ2v) is 3.61. The van der Waals surface area contributed by atoms with Gasteiger partial charge in [-0.15, -0.1) is 0 Å². The number of rotatable bonds is 2. The first kappa shape index (κ1) is 8.89. The van der Waals surface area contributed by atoms with E-state index in [4.69, 9.17) is 0 Å². The van der Waals surface area contributed by atoms with Gasteiger partial charge in [-0.2, -0.15) is 0 Å². The highest BCUT2D eigenvalue weighted by molar-refractivity contribution is 9.10. The van der Waals surface area contributed by atoms with Crippen molar-refractivity contribution < 1.29 is 4.79 Å². The van der Waals surface area contributed by atoms with E-state index in [0.717, 1.165) is 5.57 Å². The van der Waals surface area contributed by atoms with Gasteiger partial charge in [0.1, 0.15) is 0 Å². The summed E-state index contributed by atoms with van der Waals surface area (Å²) in [6.07, 6.45) is 1.64. The molecule has 0 radical (unpaired) electrons. The fourth-order valence-electron chi connectivity index (χ4n) is 0.399. The molecule has 1 atom stereocenters. The van der Waals surface area contributed by atoms with Crippen molar-refractivity contribution in [3.63, 3.8) is 0 Å². The topological polar surface area (TPSA) is 17.1 Å². The molecule has 2 heteroatoms. The van der Waals surface area contributed by atoms with Gasteiger partial charge in [-0.25, -0.2) is 0 Å². The number of halogens is 1. The fraction of sp³-hybridized carbons (Fsp3) is 0.571. The summed E-state index contributed by atoms with van der Waals surface area (Å²) < 4.78 is 0. The van der Waals surface area contributed by atoms with Crippen LogP contribution >= 0.6 is 15.9 Å². The molecule has 9 heavy (non-hydrogen) atoms. The van der Waals surface area contributed by atoms with Crippen LogP contribution in [0.1, 0.15) is 20.8 Å². The van der Waals surface area contributed by atoms with E-state index in [0.29, 0.717) is 0 Å². The lowest BCUT2D eigenvalue weighted by molar-refractivity contribution is -0.113. The van der Waals surface area contributed by atoms with Crippen LogP contribution in [0, 0.1) is 0 Å². The Bertz CT molecular complexity index is 132. The van der Waals surface area contributed by atoms with Gasteiger partial charge in [0.25, 0.3) is 0 Å². The summed E-state index contributed by atoms with van der Waals surface area (Å²) >= 11 is 3.17. The van der Waals surface area contributed by atoms with Crippen molar-refractivity contribution in [2.24, 2.45) is 0 Å². The molecule has 0 amide bonds. The molecule has 0 aliphatic heterocycles. The van der Waals surface area contributed by atoms with Crippen LogP contribution in [-0.2, 0) is 4.79 Å². The molecule has 0 saturated heterocycles. The first-order valence-electron chi connectivity index (χ1n) is 2.87. The lowest BCUT2D eigenvalue weighted by Crippen LogP contribution is -2.05. The van der Waals surface area contributed by atoms with Gasteiger partial charge in [-0.3, -0.25) is 4.79 Å². The van der Waals surface area contributed by atoms with Gasteiger partial charge < -0.3 is 0 Å². The van der Waals surface area contributed by atoms with Crippen LogP contribution in [0.2, 0.25) is 0 Å². The Kier molecular flexibility index (Phi) is 3.78. The van der Waals surface area contributed by atoms with Crippen molar-refractivity contribution in [3.05, 3.63) is 11.6 Å². The Balaban J connectivity index is 3.93. The van der Waals surface area contributed by atoms with E-state index in [1.54, 1.807) is 6.08 Å². The molecule has 0 spiro atoms. The summed E-state index contributed by atoms with van der Waals surface area (Å²) in [4.78, 5) is 10.8. The highest BCUT2D eigenvalue weighted by Gasteiger charge is 2.03. The lowest BCUT2D eigenvalue weighted by Gasteiger charge is -1.94. The largest absolute Gasteiger partial charge is 0.294 e. The number of hydrogen-bond donors (Lipinski definition) is 0. The van der Waals surface area contributed by atoms with Gasteiger partial charge in [-0.1, -0.05) is 21.5 Å². The Morgan fingerprint density at radius 3 is 2.11 bits per heavy atom. The van der Waals surface area contributed by atoms with Crippen molar-refractivity contribution >= 4 is 21.7 Å². The Morgan fingerprint density at radius 1 is 1.56 bits per heavy atom. The summed E-state index contributed by atoms with van der Waals surface area (Å²) in [6, 6.07) is 0. The van der Waals surface area contributed by atoms with E-state index >= 15 is 0 Å². The zero-order valence-corrected chi connectivity index (χ0v) is 7.53. The van der Waals surface area contributed by atoms with Crippen LogP contribution in [-0.4, -0.2) is 10.6 Å². The average Bonchev–Trinajstić information content (AvgIpc) is 1.63. The van der Waals surface area contributed by atoms with Crippen molar-refractivity contribution in [3.8, 4) is 0 Å². The maximum atomic E-state index is 10.8. The van der Waals surface area contributed by atoms with Crippen LogP contribution < -0.4 is 0 Å². The molecule has 0 saturated carbocycles. The molecule has 0 aromatic carbocycles. The van der Waals surface area contributed by atoms with Gasteiger partial charge in [0.05, 0.1) is 4.83 Å². The summed E-state index contributed by atoms with van der Waals surface area (Å²) in [5.74, 6) is 0.134. The zero-order chi connectivity index (χ0) is 7.44. The molecule has 0 aromatic heterocycles. The average molecular weight is 191 g/mol. The normalized spacial score (nSPS) is 12.4. The van der Waals surface area contributed by atoms with E-state index in [2.05, 4.69) is 15.9 Å². The second kappa shape index (κ2) is 3.83. The third-order valence-electron chi connectivity index (χ3n) is 0.823. The molecule has 0 rings (SSSR count). The van der Waals surface area contributed by atoms with Gasteiger partial charge >= 0.3 is 0 Å². The fourth-order valence-corrected chi connectivity index (χ4v) is 0.532. The number of allylic oxidation sites excluding steroid dienone is 2. The van der Waals surface area contributed by atoms with E-state index in [9.17, 15) is 4.79 Å². The van der Waals surface area contributed by atoms with Crippen molar-refractivity contribution in [2.75, 3.05) is 0 Å². The van der Waals surface area contributed by atoms with Crippen LogP contribution in [0.25, 0.3) is 0 Å². The minimum Gasteiger partial charge on any atom is -0.294 e. The first-order chi connectivity index (χ1) is 4.04. The highest BCUT2D eigenvalue weighted by atomic mass is 79.9. The Hall–Kier alpha value is -0.110. The number of carbonyl (C=O) groups excluding carboxylic acids is 1. The molecular formula is C7H11BrO. The van der Waals surface area contributed by atoms with Crippen molar-refractivity contribution in [1.82, 2.24) is 0 Å². The lowest BCUT2D eigenvalue weighted by atomic mass is 10.2. The summed E-state index contributed by atoms with van der Waals surface area (Å²) in [6.45, 7) is 5.64. The number of ketones is 1. The Labute approximate surface area is 64.3 Å².